The minimum atomic E-state index is -0.158. The molecule has 0 saturated carbocycles. The zero-order chi connectivity index (χ0) is 22.2. The van der Waals surface area contributed by atoms with Crippen LogP contribution >= 0.6 is 11.3 Å². The zero-order valence-corrected chi connectivity index (χ0v) is 18.8. The molecule has 2 aromatic heterocycles. The first-order valence-electron chi connectivity index (χ1n) is 10.6. The minimum Gasteiger partial charge on any atom is -0.353 e. The molecule has 5 rings (SSSR count). The number of rotatable bonds is 3. The van der Waals surface area contributed by atoms with Crippen LogP contribution in [0.1, 0.15) is 22.8 Å². The fourth-order valence-electron chi connectivity index (χ4n) is 4.08. The van der Waals surface area contributed by atoms with Crippen molar-refractivity contribution in [1.29, 1.82) is 0 Å². The molecule has 4 aromatic rings. The van der Waals surface area contributed by atoms with Gasteiger partial charge >= 0.3 is 0 Å². The van der Waals surface area contributed by atoms with Gasteiger partial charge in [-0.15, -0.1) is 0 Å². The molecule has 8 heteroatoms. The van der Waals surface area contributed by atoms with E-state index in [1.54, 1.807) is 0 Å². The second kappa shape index (κ2) is 8.20. The van der Waals surface area contributed by atoms with Crippen molar-refractivity contribution in [3.63, 3.8) is 0 Å². The van der Waals surface area contributed by atoms with Crippen molar-refractivity contribution >= 4 is 55.2 Å². The van der Waals surface area contributed by atoms with Gasteiger partial charge in [0.05, 0.1) is 15.7 Å². The first-order valence-corrected chi connectivity index (χ1v) is 11.4. The second-order valence-electron chi connectivity index (χ2n) is 7.98. The van der Waals surface area contributed by atoms with Gasteiger partial charge in [0.1, 0.15) is 5.82 Å². The van der Waals surface area contributed by atoms with Gasteiger partial charge in [0.2, 0.25) is 5.91 Å². The summed E-state index contributed by atoms with van der Waals surface area (Å²) in [5.41, 5.74) is 3.62. The van der Waals surface area contributed by atoms with E-state index >= 15 is 0 Å². The molecule has 32 heavy (non-hydrogen) atoms. The van der Waals surface area contributed by atoms with Gasteiger partial charge in [-0.3, -0.25) is 9.59 Å². The molecule has 0 radical (unpaired) electrons. The van der Waals surface area contributed by atoms with Crippen LogP contribution in [0.4, 0.5) is 10.9 Å². The highest BCUT2D eigenvalue weighted by molar-refractivity contribution is 7.22. The van der Waals surface area contributed by atoms with Crippen LogP contribution in [-0.2, 0) is 4.79 Å². The Bertz CT molecular complexity index is 1340. The lowest BCUT2D eigenvalue weighted by Crippen LogP contribution is -2.49. The average molecular weight is 446 g/mol. The van der Waals surface area contributed by atoms with Crippen molar-refractivity contribution < 1.29 is 9.59 Å². The molecular weight excluding hydrogens is 422 g/mol. The van der Waals surface area contributed by atoms with Gasteiger partial charge in [0, 0.05) is 44.1 Å². The normalized spacial score (nSPS) is 14.2. The molecule has 1 fully saturated rings. The molecule has 2 amide bonds. The van der Waals surface area contributed by atoms with Crippen molar-refractivity contribution in [3.05, 3.63) is 59.7 Å². The molecule has 7 nitrogen and oxygen atoms in total. The van der Waals surface area contributed by atoms with E-state index in [4.69, 9.17) is 4.98 Å². The fourth-order valence-corrected chi connectivity index (χ4v) is 5.03. The number of anilines is 2. The Morgan fingerprint density at radius 1 is 0.969 bits per heavy atom. The van der Waals surface area contributed by atoms with Crippen LogP contribution in [0.15, 0.2) is 48.5 Å². The maximum atomic E-state index is 13.1. The number of piperazine rings is 1. The lowest BCUT2D eigenvalue weighted by molar-refractivity contribution is -0.114. The van der Waals surface area contributed by atoms with Crippen LogP contribution in [0.2, 0.25) is 0 Å². The van der Waals surface area contributed by atoms with Gasteiger partial charge in [-0.25, -0.2) is 9.97 Å². The van der Waals surface area contributed by atoms with Crippen LogP contribution in [0.3, 0.4) is 0 Å². The maximum absolute atomic E-state index is 13.1. The number of hydrogen-bond acceptors (Lipinski definition) is 6. The Hall–Kier alpha value is -3.52. The Morgan fingerprint density at radius 2 is 1.75 bits per heavy atom. The van der Waals surface area contributed by atoms with Gasteiger partial charge in [-0.2, -0.15) is 0 Å². The van der Waals surface area contributed by atoms with Crippen LogP contribution < -0.4 is 10.2 Å². The van der Waals surface area contributed by atoms with Crippen LogP contribution in [0.5, 0.6) is 0 Å². The summed E-state index contributed by atoms with van der Waals surface area (Å²) in [5.74, 6) is 0.822. The number of aromatic nitrogens is 2. The number of carbonyl (C=O) groups excluding carboxylic acids is 2. The van der Waals surface area contributed by atoms with Crippen LogP contribution in [0.25, 0.3) is 21.1 Å². The van der Waals surface area contributed by atoms with Gasteiger partial charge < -0.3 is 15.1 Å². The third-order valence-corrected chi connectivity index (χ3v) is 6.65. The first-order chi connectivity index (χ1) is 15.5. The number of nitrogens with zero attached hydrogens (tertiary/aromatic N) is 4. The van der Waals surface area contributed by atoms with E-state index in [9.17, 15) is 9.59 Å². The zero-order valence-electron chi connectivity index (χ0n) is 18.0. The maximum Gasteiger partial charge on any atom is 0.254 e. The number of fused-ring (bicyclic) bond motifs is 2. The Labute approximate surface area is 189 Å². The summed E-state index contributed by atoms with van der Waals surface area (Å²) in [7, 11) is 0. The van der Waals surface area contributed by atoms with Crippen molar-refractivity contribution in [3.8, 4) is 0 Å². The highest BCUT2D eigenvalue weighted by Gasteiger charge is 2.24. The third-order valence-electron chi connectivity index (χ3n) is 5.72. The smallest absolute Gasteiger partial charge is 0.254 e. The van der Waals surface area contributed by atoms with E-state index in [2.05, 4.69) is 34.3 Å². The molecule has 0 unspecified atom stereocenters. The van der Waals surface area contributed by atoms with Crippen molar-refractivity contribution in [1.82, 2.24) is 14.9 Å². The molecule has 1 aliphatic heterocycles. The molecule has 0 bridgehead atoms. The Morgan fingerprint density at radius 3 is 2.53 bits per heavy atom. The van der Waals surface area contributed by atoms with Gasteiger partial charge in [0.15, 0.2) is 5.13 Å². The van der Waals surface area contributed by atoms with E-state index in [0.717, 1.165) is 34.6 Å². The molecule has 0 atom stereocenters. The largest absolute Gasteiger partial charge is 0.353 e. The van der Waals surface area contributed by atoms with Gasteiger partial charge in [0.25, 0.3) is 5.91 Å². The predicted octanol–water partition coefficient (Wildman–Crippen LogP) is 4.07. The molecule has 1 N–H and O–H groups in total. The number of pyridine rings is 1. The number of para-hydroxylation sites is 1. The number of aryl methyl sites for hydroxylation is 1. The lowest BCUT2D eigenvalue weighted by atomic mass is 10.1. The summed E-state index contributed by atoms with van der Waals surface area (Å²) in [5, 5.41) is 4.42. The van der Waals surface area contributed by atoms with E-state index < -0.39 is 0 Å². The molecule has 162 valence electrons. The summed E-state index contributed by atoms with van der Waals surface area (Å²) in [6, 6.07) is 15.8. The number of benzene rings is 2. The van der Waals surface area contributed by atoms with E-state index in [1.165, 1.54) is 29.2 Å². The van der Waals surface area contributed by atoms with Gasteiger partial charge in [-0.05, 0) is 42.8 Å². The van der Waals surface area contributed by atoms with Crippen molar-refractivity contribution in [2.45, 2.75) is 13.8 Å². The minimum absolute atomic E-state index is 0.0173. The molecule has 1 aliphatic rings. The quantitative estimate of drug-likeness (QED) is 0.514. The number of nitrogens with one attached hydrogen (secondary N) is 1. The SMILES string of the molecule is CC(=O)Nc1nc2ccc(C(=O)N3CCN(c4cc(C)c5ccccc5n4)CC3)cc2s1. The summed E-state index contributed by atoms with van der Waals surface area (Å²) in [6.07, 6.45) is 0. The van der Waals surface area contributed by atoms with Crippen LogP contribution in [0, 0.1) is 6.92 Å². The number of carbonyl (C=O) groups is 2. The standard InChI is InChI=1S/C24H23N5O2S/c1-15-13-22(26-19-6-4-3-5-18(15)19)28-9-11-29(12-10-28)23(31)17-7-8-20-21(14-17)32-24(27-20)25-16(2)30/h3-8,13-14H,9-12H2,1-2H3,(H,25,27,30). The predicted molar refractivity (Wildman–Crippen MR) is 129 cm³/mol. The van der Waals surface area contributed by atoms with Gasteiger partial charge in [-0.1, -0.05) is 29.5 Å². The second-order valence-corrected chi connectivity index (χ2v) is 9.01. The fraction of sp³-hybridized carbons (Fsp3) is 0.250. The summed E-state index contributed by atoms with van der Waals surface area (Å²) >= 11 is 1.37. The van der Waals surface area contributed by atoms with Crippen LogP contribution in [-0.4, -0.2) is 52.9 Å². The third kappa shape index (κ3) is 3.89. The summed E-state index contributed by atoms with van der Waals surface area (Å²) in [4.78, 5) is 37.7. The Kier molecular flexibility index (Phi) is 5.22. The number of hydrogen-bond donors (Lipinski definition) is 1. The highest BCUT2D eigenvalue weighted by Crippen LogP contribution is 2.28. The average Bonchev–Trinajstić information content (AvgIpc) is 3.19. The van der Waals surface area contributed by atoms with Crippen molar-refractivity contribution in [2.75, 3.05) is 36.4 Å². The number of amides is 2. The monoisotopic (exact) mass is 445 g/mol. The summed E-state index contributed by atoms with van der Waals surface area (Å²) < 4.78 is 0.883. The number of thiazole rings is 1. The van der Waals surface area contributed by atoms with E-state index in [0.29, 0.717) is 23.8 Å². The summed E-state index contributed by atoms with van der Waals surface area (Å²) in [6.45, 7) is 6.34. The first kappa shape index (κ1) is 20.4. The molecule has 2 aromatic carbocycles. The van der Waals surface area contributed by atoms with Crippen molar-refractivity contribution in [2.24, 2.45) is 0 Å². The highest BCUT2D eigenvalue weighted by atomic mass is 32.1. The lowest BCUT2D eigenvalue weighted by Gasteiger charge is -2.35. The van der Waals surface area contributed by atoms with E-state index in [1.807, 2.05) is 41.3 Å². The molecule has 3 heterocycles. The molecule has 0 spiro atoms. The topological polar surface area (TPSA) is 78.4 Å². The Balaban J connectivity index is 1.30. The molecule has 0 aliphatic carbocycles. The molecule has 1 saturated heterocycles. The molecular formula is C24H23N5O2S. The van der Waals surface area contributed by atoms with E-state index in [-0.39, 0.29) is 11.8 Å².